The molecule has 21 nitrogen and oxygen atoms in total. The van der Waals surface area contributed by atoms with Gasteiger partial charge in [0.2, 0.25) is 41.5 Å². The number of β-lactam (4-membered cyclic amide) rings is 4. The molecule has 0 aromatic heterocycles. The third kappa shape index (κ3) is 23.1. The van der Waals surface area contributed by atoms with E-state index in [9.17, 15) is 43.2 Å². The Bertz CT molecular complexity index is 3570. The standard InChI is InChI=1S/C30H41NO5.C24H28N2O5.C19H16N2O3.C4H11NO2/c1-4-5-6-7-27(34)30(2,3)28(35)21-25-12-8-23(9-13-25)20-24-10-14-26(15-11-24)22-29(36)31(16-18-32)17-19-33;1-24(2)22(30)26(23(24)31)20-9-7-18(8-10-20)15-17-3-5-19(6-4-17)16-21(29)25(11-13-27)12-14-28;1-19(2)17(23)21(18(19)24)16-9-5-14(6-10-16)11-13-3-7-15(8-4-13)20-12-22;6-3-1-5-2-4-7/h8-15,32-33H,4-7,16-22H2,1-3H3;3-10,27-28H,11-16H2,1-2H3;3-10H,11H2,1-2H3;5-7H,1-4H2. The van der Waals surface area contributed by atoms with Gasteiger partial charge in [-0.2, -0.15) is 4.99 Å². The molecule has 0 unspecified atom stereocenters. The Kier molecular flexibility index (Phi) is 32.0. The number of anilines is 2. The van der Waals surface area contributed by atoms with Gasteiger partial charge in [0, 0.05) is 52.1 Å². The largest absolute Gasteiger partial charge is 0.395 e. The van der Waals surface area contributed by atoms with E-state index >= 15 is 0 Å². The van der Waals surface area contributed by atoms with Crippen molar-refractivity contribution in [2.75, 3.05) is 88.7 Å². The number of carbonyl (C=O) groups is 8. The maximum Gasteiger partial charge on any atom is 0.248 e. The number of isocyanates is 1. The van der Waals surface area contributed by atoms with Crippen LogP contribution in [0.15, 0.2) is 151 Å². The molecule has 0 spiro atoms. The molecule has 8 rings (SSSR count). The Labute approximate surface area is 574 Å². The number of nitrogens with zero attached hydrogens (tertiary/aromatic N) is 5. The quantitative estimate of drug-likeness (QED) is 0.00707. The Morgan fingerprint density at radius 2 is 0.735 bits per heavy atom. The summed E-state index contributed by atoms with van der Waals surface area (Å²) in [4.78, 5) is 118. The van der Waals surface area contributed by atoms with Crippen molar-refractivity contribution in [2.45, 2.75) is 113 Å². The highest BCUT2D eigenvalue weighted by Crippen LogP contribution is 2.38. The highest BCUT2D eigenvalue weighted by Gasteiger charge is 2.55. The van der Waals surface area contributed by atoms with E-state index in [2.05, 4.69) is 17.2 Å². The Morgan fingerprint density at radius 3 is 1.03 bits per heavy atom. The zero-order chi connectivity index (χ0) is 72.0. The number of Topliss-reactive ketones (excluding diaryl/α,β-unsaturated/α-hetero) is 2. The number of nitrogens with one attached hydrogen (secondary N) is 1. The number of unbranched alkanes of at least 4 members (excludes halogenated alkanes) is 2. The molecule has 2 aliphatic rings. The fourth-order valence-corrected chi connectivity index (χ4v) is 10.6. The number of aliphatic imine (C=N–C) groups is 1. The average Bonchev–Trinajstić information content (AvgIpc) is 0.745. The summed E-state index contributed by atoms with van der Waals surface area (Å²) >= 11 is 0. The highest BCUT2D eigenvalue weighted by atomic mass is 16.3. The molecule has 2 aliphatic heterocycles. The fourth-order valence-electron chi connectivity index (χ4n) is 10.6. The van der Waals surface area contributed by atoms with E-state index in [0.717, 1.165) is 75.8 Å². The molecule has 2 heterocycles. The fraction of sp³-hybridized carbons (Fsp3) is 0.416. The van der Waals surface area contributed by atoms with E-state index in [-0.39, 0.29) is 132 Å². The molecule has 6 amide bonds. The molecule has 21 heteroatoms. The van der Waals surface area contributed by atoms with E-state index in [0.29, 0.717) is 49.4 Å². The zero-order valence-electron chi connectivity index (χ0n) is 57.5. The van der Waals surface area contributed by atoms with Crippen LogP contribution < -0.4 is 15.1 Å². The van der Waals surface area contributed by atoms with Crippen LogP contribution in [-0.4, -0.2) is 172 Å². The molecule has 7 N–H and O–H groups in total. The smallest absolute Gasteiger partial charge is 0.248 e. The van der Waals surface area contributed by atoms with Crippen molar-refractivity contribution in [1.82, 2.24) is 15.1 Å². The van der Waals surface area contributed by atoms with Crippen molar-refractivity contribution in [1.29, 1.82) is 0 Å². The van der Waals surface area contributed by atoms with Gasteiger partial charge in [0.15, 0.2) is 0 Å². The van der Waals surface area contributed by atoms with Crippen molar-refractivity contribution >= 4 is 70.2 Å². The number of benzene rings is 6. The van der Waals surface area contributed by atoms with Gasteiger partial charge in [0.25, 0.3) is 0 Å². The average molecular weight is 1350 g/mol. The Hall–Kier alpha value is -9.02. The maximum atomic E-state index is 12.8. The molecular formula is C77H96N6O15. The van der Waals surface area contributed by atoms with Crippen LogP contribution >= 0.6 is 0 Å². The van der Waals surface area contributed by atoms with E-state index in [1.165, 1.54) is 25.7 Å². The summed E-state index contributed by atoms with van der Waals surface area (Å²) in [6.07, 6.45) is 7.66. The Balaban J connectivity index is 0.000000256. The van der Waals surface area contributed by atoms with Crippen LogP contribution in [0.5, 0.6) is 0 Å². The van der Waals surface area contributed by atoms with Crippen LogP contribution in [0.4, 0.5) is 17.1 Å². The summed E-state index contributed by atoms with van der Waals surface area (Å²) in [7, 11) is 0. The molecule has 0 aliphatic carbocycles. The number of hydrogen-bond acceptors (Lipinski definition) is 17. The molecular weight excluding hydrogens is 1250 g/mol. The van der Waals surface area contributed by atoms with Gasteiger partial charge in [0.05, 0.1) is 75.0 Å². The lowest BCUT2D eigenvalue weighted by atomic mass is 9.79. The first kappa shape index (κ1) is 79.7. The van der Waals surface area contributed by atoms with Crippen LogP contribution in [-0.2, 0) is 81.7 Å². The predicted octanol–water partition coefficient (Wildman–Crippen LogP) is 7.16. The molecule has 0 saturated carbocycles. The second-order valence-corrected chi connectivity index (χ2v) is 25.6. The molecule has 6 aromatic rings. The molecule has 98 heavy (non-hydrogen) atoms. The number of aliphatic hydroxyl groups is 6. The van der Waals surface area contributed by atoms with Gasteiger partial charge in [-0.05, 0) is 154 Å². The minimum atomic E-state index is -0.956. The van der Waals surface area contributed by atoms with E-state index in [1.807, 2.05) is 109 Å². The van der Waals surface area contributed by atoms with E-state index in [4.69, 9.17) is 30.6 Å². The Morgan fingerprint density at radius 1 is 0.439 bits per heavy atom. The first-order chi connectivity index (χ1) is 46.8. The molecule has 0 radical (unpaired) electrons. The third-order valence-corrected chi connectivity index (χ3v) is 17.0. The number of imide groups is 2. The summed E-state index contributed by atoms with van der Waals surface area (Å²) < 4.78 is 0. The van der Waals surface area contributed by atoms with E-state index in [1.54, 1.807) is 77.9 Å². The SMILES string of the molecule is CC1(C)C(=O)N(c2ccc(Cc3ccc(CC(=O)N(CCO)CCO)cc3)cc2)C1=O.CC1(C)C(=O)N(c2ccc(Cc3ccc(N=C=O)cc3)cc2)C1=O.CCCCCC(=O)C(C)(C)C(=O)Cc1ccc(Cc2ccc(CC(=O)N(CCO)CCO)cc2)cc1.OCCNCCO. The van der Waals surface area contributed by atoms with Crippen molar-refractivity contribution in [3.05, 3.63) is 196 Å². The van der Waals surface area contributed by atoms with Gasteiger partial charge in [-0.25, -0.2) is 14.6 Å². The van der Waals surface area contributed by atoms with Crippen molar-refractivity contribution < 1.29 is 73.8 Å². The first-order valence-corrected chi connectivity index (χ1v) is 33.2. The molecule has 524 valence electrons. The molecule has 2 fully saturated rings. The lowest BCUT2D eigenvalue weighted by Gasteiger charge is -2.41. The summed E-state index contributed by atoms with van der Waals surface area (Å²) in [6.45, 7) is 13.9. The number of hydrogen-bond donors (Lipinski definition) is 7. The minimum absolute atomic E-state index is 0.0252. The zero-order valence-corrected chi connectivity index (χ0v) is 57.5. The second-order valence-electron chi connectivity index (χ2n) is 25.6. The highest BCUT2D eigenvalue weighted by molar-refractivity contribution is 6.36. The van der Waals surface area contributed by atoms with Gasteiger partial charge in [-0.3, -0.25) is 38.4 Å². The van der Waals surface area contributed by atoms with Crippen LogP contribution in [0.25, 0.3) is 0 Å². The van der Waals surface area contributed by atoms with Crippen molar-refractivity contribution in [3.63, 3.8) is 0 Å². The summed E-state index contributed by atoms with van der Waals surface area (Å²) in [5, 5.41) is 55.4. The van der Waals surface area contributed by atoms with Gasteiger partial charge < -0.3 is 45.8 Å². The summed E-state index contributed by atoms with van der Waals surface area (Å²) in [5.74, 6) is -1.00. The molecule has 6 aromatic carbocycles. The summed E-state index contributed by atoms with van der Waals surface area (Å²) in [6, 6.07) is 45.5. The van der Waals surface area contributed by atoms with Crippen LogP contribution in [0.1, 0.15) is 124 Å². The maximum absolute atomic E-state index is 12.8. The predicted molar refractivity (Wildman–Crippen MR) is 375 cm³/mol. The number of ketones is 2. The van der Waals surface area contributed by atoms with Crippen LogP contribution in [0, 0.1) is 16.2 Å². The topological polar surface area (TPSA) is 312 Å². The molecule has 2 saturated heterocycles. The van der Waals surface area contributed by atoms with Crippen LogP contribution in [0.2, 0.25) is 0 Å². The van der Waals surface area contributed by atoms with Gasteiger partial charge in [0.1, 0.15) is 22.4 Å². The lowest BCUT2D eigenvalue weighted by Crippen LogP contribution is -2.63. The van der Waals surface area contributed by atoms with Crippen molar-refractivity contribution in [3.8, 4) is 0 Å². The monoisotopic (exact) mass is 1340 g/mol. The lowest BCUT2D eigenvalue weighted by molar-refractivity contribution is -0.151. The van der Waals surface area contributed by atoms with Crippen molar-refractivity contribution in [2.24, 2.45) is 21.2 Å². The molecule has 0 bridgehead atoms. The van der Waals surface area contributed by atoms with Gasteiger partial charge in [-0.15, -0.1) is 0 Å². The number of amides is 6. The normalized spacial score (nSPS) is 13.4. The van der Waals surface area contributed by atoms with Gasteiger partial charge >= 0.3 is 0 Å². The second kappa shape index (κ2) is 39.4. The molecule has 0 atom stereocenters. The number of aliphatic hydroxyl groups excluding tert-OH is 6. The summed E-state index contributed by atoms with van der Waals surface area (Å²) in [5.41, 5.74) is 8.08. The number of rotatable bonds is 33. The van der Waals surface area contributed by atoms with E-state index < -0.39 is 16.2 Å². The number of carbonyl (C=O) groups excluding carboxylic acids is 9. The van der Waals surface area contributed by atoms with Gasteiger partial charge in [-0.1, -0.05) is 129 Å². The third-order valence-electron chi connectivity index (χ3n) is 17.0. The minimum Gasteiger partial charge on any atom is -0.395 e. The van der Waals surface area contributed by atoms with Crippen LogP contribution in [0.3, 0.4) is 0 Å². The first-order valence-electron chi connectivity index (χ1n) is 33.2.